The van der Waals surface area contributed by atoms with Gasteiger partial charge in [-0.3, -0.25) is 0 Å². The Labute approximate surface area is 93.5 Å². The van der Waals surface area contributed by atoms with Gasteiger partial charge in [0.05, 0.1) is 0 Å². The van der Waals surface area contributed by atoms with Crippen molar-refractivity contribution in [3.05, 3.63) is 0 Å². The quantitative estimate of drug-likeness (QED) is 0.735. The number of hydrogen-bond donors (Lipinski definition) is 1. The Morgan fingerprint density at radius 1 is 1.40 bits per heavy atom. The molecule has 0 aliphatic heterocycles. The number of nitrogens with zero attached hydrogens (tertiary/aromatic N) is 1. The van der Waals surface area contributed by atoms with Crippen molar-refractivity contribution >= 4 is 6.09 Å². The van der Waals surface area contributed by atoms with Crippen molar-refractivity contribution < 1.29 is 9.90 Å². The molecule has 0 spiro atoms. The third-order valence-corrected chi connectivity index (χ3v) is 3.13. The van der Waals surface area contributed by atoms with E-state index < -0.39 is 6.09 Å². The van der Waals surface area contributed by atoms with Crippen LogP contribution < -0.4 is 0 Å². The summed E-state index contributed by atoms with van der Waals surface area (Å²) < 4.78 is 0. The first-order chi connectivity index (χ1) is 6.86. The lowest BCUT2D eigenvalue weighted by molar-refractivity contribution is 0.0958. The van der Waals surface area contributed by atoms with Gasteiger partial charge in [-0.25, -0.2) is 4.79 Å². The van der Waals surface area contributed by atoms with E-state index in [0.29, 0.717) is 6.54 Å². The van der Waals surface area contributed by atoms with Crippen molar-refractivity contribution in [2.75, 3.05) is 6.54 Å². The fourth-order valence-electron chi connectivity index (χ4n) is 1.85. The van der Waals surface area contributed by atoms with Crippen LogP contribution in [-0.4, -0.2) is 28.7 Å². The topological polar surface area (TPSA) is 40.5 Å². The van der Waals surface area contributed by atoms with Gasteiger partial charge in [-0.2, -0.15) is 0 Å². The van der Waals surface area contributed by atoms with Crippen LogP contribution in [0.25, 0.3) is 0 Å². The van der Waals surface area contributed by atoms with Crippen LogP contribution in [0.15, 0.2) is 0 Å². The maximum atomic E-state index is 11.1. The minimum absolute atomic E-state index is 0.0604. The molecular weight excluding hydrogens is 190 g/mol. The third kappa shape index (κ3) is 4.54. The fourth-order valence-corrected chi connectivity index (χ4v) is 1.85. The fraction of sp³-hybridized carbons (Fsp3) is 0.917. The van der Waals surface area contributed by atoms with Crippen molar-refractivity contribution in [2.24, 2.45) is 5.41 Å². The predicted octanol–water partition coefficient (Wildman–Crippen LogP) is 3.59. The lowest BCUT2D eigenvalue weighted by atomic mass is 9.82. The maximum absolute atomic E-state index is 11.1. The molecule has 0 saturated heterocycles. The molecule has 0 aromatic rings. The molecule has 3 heteroatoms. The Kier molecular flexibility index (Phi) is 5.69. The highest BCUT2D eigenvalue weighted by atomic mass is 16.4. The SMILES string of the molecule is CCCC(C)(CC)CN(C(=O)O)C(C)C. The van der Waals surface area contributed by atoms with Crippen molar-refractivity contribution in [2.45, 2.75) is 59.9 Å². The molecule has 0 aliphatic rings. The molecule has 0 heterocycles. The minimum atomic E-state index is -0.805. The van der Waals surface area contributed by atoms with E-state index in [1.165, 1.54) is 0 Å². The average Bonchev–Trinajstić information content (AvgIpc) is 2.14. The molecular formula is C12H25NO2. The summed E-state index contributed by atoms with van der Waals surface area (Å²) in [7, 11) is 0. The third-order valence-electron chi connectivity index (χ3n) is 3.13. The Bertz CT molecular complexity index is 204. The normalized spacial score (nSPS) is 15.1. The highest BCUT2D eigenvalue weighted by Crippen LogP contribution is 2.29. The van der Waals surface area contributed by atoms with Gasteiger partial charge in [-0.15, -0.1) is 0 Å². The Morgan fingerprint density at radius 3 is 2.20 bits per heavy atom. The molecule has 0 aliphatic carbocycles. The zero-order valence-corrected chi connectivity index (χ0v) is 10.7. The van der Waals surface area contributed by atoms with E-state index in [0.717, 1.165) is 19.3 Å². The molecule has 0 aromatic heterocycles. The molecule has 1 amide bonds. The van der Waals surface area contributed by atoms with Crippen LogP contribution in [0.1, 0.15) is 53.9 Å². The standard InChI is InChI=1S/C12H25NO2/c1-6-8-12(5,7-2)9-13(10(3)4)11(14)15/h10H,6-9H2,1-5H3,(H,14,15). The average molecular weight is 215 g/mol. The second-order valence-corrected chi connectivity index (χ2v) is 4.92. The number of amides is 1. The van der Waals surface area contributed by atoms with Crippen LogP contribution >= 0.6 is 0 Å². The van der Waals surface area contributed by atoms with Gasteiger partial charge in [0.25, 0.3) is 0 Å². The van der Waals surface area contributed by atoms with Crippen LogP contribution in [0.4, 0.5) is 4.79 Å². The molecule has 0 fully saturated rings. The maximum Gasteiger partial charge on any atom is 0.407 e. The van der Waals surface area contributed by atoms with Crippen LogP contribution in [0.2, 0.25) is 0 Å². The highest BCUT2D eigenvalue weighted by Gasteiger charge is 2.28. The smallest absolute Gasteiger partial charge is 0.407 e. The largest absolute Gasteiger partial charge is 0.465 e. The molecule has 15 heavy (non-hydrogen) atoms. The summed E-state index contributed by atoms with van der Waals surface area (Å²) >= 11 is 0. The van der Waals surface area contributed by atoms with E-state index >= 15 is 0 Å². The van der Waals surface area contributed by atoms with E-state index in [9.17, 15) is 4.79 Å². The van der Waals surface area contributed by atoms with Crippen LogP contribution in [0, 0.1) is 5.41 Å². The van der Waals surface area contributed by atoms with E-state index in [2.05, 4.69) is 20.8 Å². The molecule has 0 bridgehead atoms. The Balaban J connectivity index is 4.54. The lowest BCUT2D eigenvalue weighted by Crippen LogP contribution is -2.43. The van der Waals surface area contributed by atoms with Gasteiger partial charge < -0.3 is 10.0 Å². The molecule has 1 atom stereocenters. The van der Waals surface area contributed by atoms with Gasteiger partial charge in [0, 0.05) is 12.6 Å². The number of carbonyl (C=O) groups is 1. The predicted molar refractivity (Wildman–Crippen MR) is 63.2 cm³/mol. The summed E-state index contributed by atoms with van der Waals surface area (Å²) in [6.45, 7) is 11.0. The Morgan fingerprint density at radius 2 is 1.93 bits per heavy atom. The van der Waals surface area contributed by atoms with Gasteiger partial charge in [0.2, 0.25) is 0 Å². The summed E-state index contributed by atoms with van der Waals surface area (Å²) in [5, 5.41) is 9.10. The first-order valence-electron chi connectivity index (χ1n) is 5.86. The molecule has 3 nitrogen and oxygen atoms in total. The first kappa shape index (κ1) is 14.3. The van der Waals surface area contributed by atoms with Crippen LogP contribution in [0.3, 0.4) is 0 Å². The summed E-state index contributed by atoms with van der Waals surface area (Å²) in [5.74, 6) is 0. The first-order valence-corrected chi connectivity index (χ1v) is 5.86. The molecule has 90 valence electrons. The van der Waals surface area contributed by atoms with E-state index in [1.807, 2.05) is 13.8 Å². The molecule has 0 rings (SSSR count). The van der Waals surface area contributed by atoms with Crippen molar-refractivity contribution in [1.29, 1.82) is 0 Å². The lowest BCUT2D eigenvalue weighted by Gasteiger charge is -2.35. The molecule has 0 radical (unpaired) electrons. The molecule has 0 saturated carbocycles. The summed E-state index contributed by atoms with van der Waals surface area (Å²) in [4.78, 5) is 12.6. The second-order valence-electron chi connectivity index (χ2n) is 4.92. The zero-order chi connectivity index (χ0) is 12.1. The van der Waals surface area contributed by atoms with Crippen LogP contribution in [0.5, 0.6) is 0 Å². The zero-order valence-electron chi connectivity index (χ0n) is 10.7. The van der Waals surface area contributed by atoms with Gasteiger partial charge in [-0.1, -0.05) is 27.2 Å². The van der Waals surface area contributed by atoms with Gasteiger partial charge in [-0.05, 0) is 32.1 Å². The molecule has 1 unspecified atom stereocenters. The number of hydrogen-bond acceptors (Lipinski definition) is 1. The van der Waals surface area contributed by atoms with E-state index in [-0.39, 0.29) is 11.5 Å². The van der Waals surface area contributed by atoms with Crippen molar-refractivity contribution in [3.8, 4) is 0 Å². The van der Waals surface area contributed by atoms with Gasteiger partial charge in [0.1, 0.15) is 0 Å². The van der Waals surface area contributed by atoms with E-state index in [4.69, 9.17) is 5.11 Å². The summed E-state index contributed by atoms with van der Waals surface area (Å²) in [6.07, 6.45) is 2.41. The second kappa shape index (κ2) is 5.99. The summed E-state index contributed by atoms with van der Waals surface area (Å²) in [5.41, 5.74) is 0.122. The number of rotatable bonds is 6. The van der Waals surface area contributed by atoms with Gasteiger partial charge >= 0.3 is 6.09 Å². The molecule has 1 N–H and O–H groups in total. The molecule has 0 aromatic carbocycles. The van der Waals surface area contributed by atoms with Gasteiger partial charge in [0.15, 0.2) is 0 Å². The summed E-state index contributed by atoms with van der Waals surface area (Å²) in [6, 6.07) is 0.0604. The number of carboxylic acid groups (broad SMARTS) is 1. The highest BCUT2D eigenvalue weighted by molar-refractivity contribution is 5.65. The Hall–Kier alpha value is -0.730. The minimum Gasteiger partial charge on any atom is -0.465 e. The van der Waals surface area contributed by atoms with Crippen LogP contribution in [-0.2, 0) is 0 Å². The van der Waals surface area contributed by atoms with E-state index in [1.54, 1.807) is 4.90 Å². The van der Waals surface area contributed by atoms with Crippen molar-refractivity contribution in [1.82, 2.24) is 4.90 Å². The van der Waals surface area contributed by atoms with Crippen molar-refractivity contribution in [3.63, 3.8) is 0 Å². The monoisotopic (exact) mass is 215 g/mol.